The lowest BCUT2D eigenvalue weighted by Crippen LogP contribution is -2.19. The molecule has 0 aromatic carbocycles. The summed E-state index contributed by atoms with van der Waals surface area (Å²) in [5, 5.41) is 8.98. The van der Waals surface area contributed by atoms with E-state index in [1.54, 1.807) is 0 Å². The minimum Gasteiger partial charge on any atom is -0.464 e. The number of carbonyl (C=O) groups is 1. The number of rotatable bonds is 17. The van der Waals surface area contributed by atoms with E-state index in [4.69, 9.17) is 9.84 Å². The van der Waals surface area contributed by atoms with E-state index in [1.807, 2.05) is 0 Å². The Morgan fingerprint density at radius 2 is 1.29 bits per heavy atom. The van der Waals surface area contributed by atoms with Gasteiger partial charge in [-0.3, -0.25) is 0 Å². The van der Waals surface area contributed by atoms with Gasteiger partial charge in [-0.05, 0) is 39.0 Å². The highest BCUT2D eigenvalue weighted by Crippen LogP contribution is 2.10. The first-order valence-corrected chi connectivity index (χ1v) is 10.2. The standard InChI is InChI=1S/C21H40O3/c1-3-4-5-6-7-8-9-10-11-12-13-14-15-16-17-18-19-24-21(23)20(2)22/h10-11,20,22H,3-9,12-19H2,1-2H3/b11-10-/t20-/m1/s1. The molecule has 0 bridgehead atoms. The zero-order valence-electron chi connectivity index (χ0n) is 16.1. The number of hydrogen-bond acceptors (Lipinski definition) is 3. The number of esters is 1. The second-order valence-corrected chi connectivity index (χ2v) is 6.78. The molecular weight excluding hydrogens is 300 g/mol. The average molecular weight is 341 g/mol. The largest absolute Gasteiger partial charge is 0.464 e. The number of hydrogen-bond donors (Lipinski definition) is 1. The van der Waals surface area contributed by atoms with Gasteiger partial charge in [-0.25, -0.2) is 4.79 Å². The molecule has 0 aliphatic heterocycles. The smallest absolute Gasteiger partial charge is 0.334 e. The molecule has 142 valence electrons. The Morgan fingerprint density at radius 1 is 0.833 bits per heavy atom. The van der Waals surface area contributed by atoms with Crippen molar-refractivity contribution in [3.63, 3.8) is 0 Å². The Hall–Kier alpha value is -0.830. The number of ether oxygens (including phenoxy) is 1. The van der Waals surface area contributed by atoms with Gasteiger partial charge in [0, 0.05) is 0 Å². The molecule has 1 N–H and O–H groups in total. The topological polar surface area (TPSA) is 46.5 Å². The minimum atomic E-state index is -1.00. The van der Waals surface area contributed by atoms with Crippen molar-refractivity contribution in [3.05, 3.63) is 12.2 Å². The van der Waals surface area contributed by atoms with Crippen molar-refractivity contribution in [3.8, 4) is 0 Å². The molecule has 0 spiro atoms. The number of aliphatic hydroxyl groups is 1. The summed E-state index contributed by atoms with van der Waals surface area (Å²) in [4.78, 5) is 11.0. The van der Waals surface area contributed by atoms with Crippen LogP contribution in [0.5, 0.6) is 0 Å². The summed E-state index contributed by atoms with van der Waals surface area (Å²) >= 11 is 0. The zero-order valence-corrected chi connectivity index (χ0v) is 16.1. The van der Waals surface area contributed by atoms with Gasteiger partial charge in [0.1, 0.15) is 6.10 Å². The molecule has 0 rings (SSSR count). The number of aliphatic hydroxyl groups excluding tert-OH is 1. The summed E-state index contributed by atoms with van der Waals surface area (Å²) in [6, 6.07) is 0. The normalized spacial score (nSPS) is 12.6. The van der Waals surface area contributed by atoms with Gasteiger partial charge < -0.3 is 9.84 Å². The molecule has 24 heavy (non-hydrogen) atoms. The quantitative estimate of drug-likeness (QED) is 0.202. The summed E-state index contributed by atoms with van der Waals surface area (Å²) < 4.78 is 4.92. The zero-order chi connectivity index (χ0) is 17.9. The van der Waals surface area contributed by atoms with E-state index < -0.39 is 12.1 Å². The van der Waals surface area contributed by atoms with Crippen molar-refractivity contribution < 1.29 is 14.6 Å². The Balaban J connectivity index is 3.14. The molecule has 0 saturated heterocycles. The van der Waals surface area contributed by atoms with Crippen LogP contribution < -0.4 is 0 Å². The van der Waals surface area contributed by atoms with Gasteiger partial charge in [-0.2, -0.15) is 0 Å². The van der Waals surface area contributed by atoms with E-state index in [9.17, 15) is 4.79 Å². The lowest BCUT2D eigenvalue weighted by Gasteiger charge is -2.06. The molecule has 0 unspecified atom stereocenters. The molecule has 3 heteroatoms. The molecule has 0 aliphatic carbocycles. The molecule has 0 aromatic heterocycles. The minimum absolute atomic E-state index is 0.435. The summed E-state index contributed by atoms with van der Waals surface area (Å²) in [7, 11) is 0. The van der Waals surface area contributed by atoms with Crippen LogP contribution in [0.2, 0.25) is 0 Å². The van der Waals surface area contributed by atoms with Crippen LogP contribution in [0.4, 0.5) is 0 Å². The fourth-order valence-corrected chi connectivity index (χ4v) is 2.64. The van der Waals surface area contributed by atoms with E-state index in [2.05, 4.69) is 19.1 Å². The molecule has 0 fully saturated rings. The highest BCUT2D eigenvalue weighted by Gasteiger charge is 2.08. The molecule has 0 heterocycles. The first-order chi connectivity index (χ1) is 11.7. The summed E-state index contributed by atoms with van der Waals surface area (Å²) in [6.07, 6.45) is 21.5. The third kappa shape index (κ3) is 17.5. The first kappa shape index (κ1) is 23.2. The van der Waals surface area contributed by atoms with Crippen LogP contribution in [-0.4, -0.2) is 23.8 Å². The molecule has 0 radical (unpaired) electrons. The third-order valence-corrected chi connectivity index (χ3v) is 4.24. The van der Waals surface area contributed by atoms with Crippen LogP contribution in [0.3, 0.4) is 0 Å². The summed E-state index contributed by atoms with van der Waals surface area (Å²) in [5.41, 5.74) is 0. The first-order valence-electron chi connectivity index (χ1n) is 10.2. The van der Waals surface area contributed by atoms with Gasteiger partial charge in [0.2, 0.25) is 0 Å². The maximum absolute atomic E-state index is 11.0. The van der Waals surface area contributed by atoms with Crippen LogP contribution in [0, 0.1) is 0 Å². The predicted molar refractivity (Wildman–Crippen MR) is 102 cm³/mol. The van der Waals surface area contributed by atoms with Gasteiger partial charge in [0.05, 0.1) is 6.61 Å². The SMILES string of the molecule is CCCCCCCC/C=C\CCCCCCCCOC(=O)[C@@H](C)O. The van der Waals surface area contributed by atoms with Crippen LogP contribution in [0.25, 0.3) is 0 Å². The Labute approximate surface area is 149 Å². The third-order valence-electron chi connectivity index (χ3n) is 4.24. The lowest BCUT2D eigenvalue weighted by atomic mass is 10.1. The Kier molecular flexibility index (Phi) is 17.9. The average Bonchev–Trinajstić information content (AvgIpc) is 2.57. The number of allylic oxidation sites excluding steroid dienone is 2. The molecule has 0 aromatic rings. The van der Waals surface area contributed by atoms with Gasteiger partial charge in [-0.15, -0.1) is 0 Å². The van der Waals surface area contributed by atoms with Crippen LogP contribution in [0.1, 0.15) is 104 Å². The van der Waals surface area contributed by atoms with Crippen molar-refractivity contribution in [2.75, 3.05) is 6.61 Å². The molecule has 0 saturated carbocycles. The van der Waals surface area contributed by atoms with Gasteiger partial charge in [-0.1, -0.05) is 76.9 Å². The van der Waals surface area contributed by atoms with Crippen molar-refractivity contribution in [1.29, 1.82) is 0 Å². The van der Waals surface area contributed by atoms with Crippen molar-refractivity contribution in [2.24, 2.45) is 0 Å². The summed E-state index contributed by atoms with van der Waals surface area (Å²) in [6.45, 7) is 4.13. The van der Waals surface area contributed by atoms with Gasteiger partial charge >= 0.3 is 5.97 Å². The number of carbonyl (C=O) groups excluding carboxylic acids is 1. The van der Waals surface area contributed by atoms with Crippen molar-refractivity contribution >= 4 is 5.97 Å². The maximum atomic E-state index is 11.0. The van der Waals surface area contributed by atoms with Crippen molar-refractivity contribution in [1.82, 2.24) is 0 Å². The van der Waals surface area contributed by atoms with E-state index in [0.29, 0.717) is 6.61 Å². The molecule has 0 aliphatic rings. The van der Waals surface area contributed by atoms with Crippen molar-refractivity contribution in [2.45, 2.75) is 110 Å². The second-order valence-electron chi connectivity index (χ2n) is 6.78. The van der Waals surface area contributed by atoms with Gasteiger partial charge in [0.25, 0.3) is 0 Å². The van der Waals surface area contributed by atoms with E-state index >= 15 is 0 Å². The highest BCUT2D eigenvalue weighted by atomic mass is 16.5. The molecule has 1 atom stereocenters. The lowest BCUT2D eigenvalue weighted by molar-refractivity contribution is -0.152. The summed E-state index contributed by atoms with van der Waals surface area (Å²) in [5.74, 6) is -0.511. The van der Waals surface area contributed by atoms with Gasteiger partial charge in [0.15, 0.2) is 0 Å². The highest BCUT2D eigenvalue weighted by molar-refractivity contribution is 5.73. The van der Waals surface area contributed by atoms with Crippen LogP contribution >= 0.6 is 0 Å². The van der Waals surface area contributed by atoms with E-state index in [1.165, 1.54) is 84.0 Å². The molecular formula is C21H40O3. The fraction of sp³-hybridized carbons (Fsp3) is 0.857. The van der Waals surface area contributed by atoms with Crippen LogP contribution in [0.15, 0.2) is 12.2 Å². The monoisotopic (exact) mass is 340 g/mol. The van der Waals surface area contributed by atoms with Crippen LogP contribution in [-0.2, 0) is 9.53 Å². The van der Waals surface area contributed by atoms with E-state index in [0.717, 1.165) is 12.8 Å². The molecule has 3 nitrogen and oxygen atoms in total. The second kappa shape index (κ2) is 18.5. The predicted octanol–water partition coefficient (Wildman–Crippen LogP) is 5.95. The Morgan fingerprint density at radius 3 is 1.79 bits per heavy atom. The number of unbranched alkanes of at least 4 members (excludes halogenated alkanes) is 12. The Bertz CT molecular complexity index is 297. The molecule has 0 amide bonds. The maximum Gasteiger partial charge on any atom is 0.334 e. The van der Waals surface area contributed by atoms with E-state index in [-0.39, 0.29) is 0 Å². The fourth-order valence-electron chi connectivity index (χ4n) is 2.64.